The molecule has 0 aliphatic carbocycles. The Morgan fingerprint density at radius 1 is 1.22 bits per heavy atom. The minimum atomic E-state index is -0.913. The molecule has 2 aromatic rings. The average molecular weight is 340 g/mol. The molecule has 0 heterocycles. The second-order valence-electron chi connectivity index (χ2n) is 4.56. The first-order valence-corrected chi connectivity index (χ1v) is 6.88. The number of carbonyl (C=O) groups excluding carboxylic acids is 2. The van der Waals surface area contributed by atoms with Crippen LogP contribution in [0.5, 0.6) is 0 Å². The molecule has 2 rings (SSSR count). The highest BCUT2D eigenvalue weighted by molar-refractivity contribution is 6.34. The van der Waals surface area contributed by atoms with E-state index in [1.54, 1.807) is 0 Å². The van der Waals surface area contributed by atoms with Gasteiger partial charge in [-0.1, -0.05) is 23.7 Å². The van der Waals surface area contributed by atoms with Crippen LogP contribution < -0.4 is 5.32 Å². The summed E-state index contributed by atoms with van der Waals surface area (Å²) in [5.74, 6) is -2.45. The lowest BCUT2D eigenvalue weighted by Crippen LogP contribution is -2.15. The summed E-state index contributed by atoms with van der Waals surface area (Å²) in [7, 11) is 1.12. The average Bonchev–Trinajstić information content (AvgIpc) is 2.55. The predicted molar refractivity (Wildman–Crippen MR) is 82.0 cm³/mol. The SMILES string of the molecule is COC(=O)c1cccc(NC(=O)c2ccc(CF)cc2Cl)c1F. The second kappa shape index (κ2) is 7.19. The molecule has 120 valence electrons. The quantitative estimate of drug-likeness (QED) is 0.857. The largest absolute Gasteiger partial charge is 0.465 e. The van der Waals surface area contributed by atoms with Crippen molar-refractivity contribution >= 4 is 29.2 Å². The van der Waals surface area contributed by atoms with Gasteiger partial charge in [0.1, 0.15) is 6.67 Å². The van der Waals surface area contributed by atoms with Crippen LogP contribution in [0.25, 0.3) is 0 Å². The van der Waals surface area contributed by atoms with Crippen molar-refractivity contribution < 1.29 is 23.1 Å². The third kappa shape index (κ3) is 3.65. The number of hydrogen-bond acceptors (Lipinski definition) is 3. The molecule has 0 aromatic heterocycles. The monoisotopic (exact) mass is 339 g/mol. The van der Waals surface area contributed by atoms with Crippen molar-refractivity contribution in [1.29, 1.82) is 0 Å². The van der Waals surface area contributed by atoms with Gasteiger partial charge in [-0.15, -0.1) is 0 Å². The van der Waals surface area contributed by atoms with Crippen LogP contribution in [0.3, 0.4) is 0 Å². The Hall–Kier alpha value is -2.47. The van der Waals surface area contributed by atoms with Crippen LogP contribution in [0, 0.1) is 5.82 Å². The topological polar surface area (TPSA) is 55.4 Å². The Bertz CT molecular complexity index is 765. The first-order valence-electron chi connectivity index (χ1n) is 6.50. The van der Waals surface area contributed by atoms with E-state index in [2.05, 4.69) is 10.1 Å². The summed E-state index contributed by atoms with van der Waals surface area (Å²) in [6.45, 7) is -0.711. The summed E-state index contributed by atoms with van der Waals surface area (Å²) in [5, 5.41) is 2.37. The number of nitrogens with one attached hydrogen (secondary N) is 1. The number of ether oxygens (including phenoxy) is 1. The van der Waals surface area contributed by atoms with Gasteiger partial charge in [0.2, 0.25) is 0 Å². The van der Waals surface area contributed by atoms with E-state index in [0.29, 0.717) is 5.56 Å². The van der Waals surface area contributed by atoms with Crippen LogP contribution in [0.1, 0.15) is 26.3 Å². The van der Waals surface area contributed by atoms with Crippen molar-refractivity contribution in [2.75, 3.05) is 12.4 Å². The molecule has 1 N–H and O–H groups in total. The zero-order valence-electron chi connectivity index (χ0n) is 12.0. The first-order chi connectivity index (χ1) is 11.0. The molecular formula is C16H12ClF2NO3. The van der Waals surface area contributed by atoms with Crippen molar-refractivity contribution in [2.45, 2.75) is 6.67 Å². The third-order valence-corrected chi connectivity index (χ3v) is 3.40. The molecule has 1 amide bonds. The van der Waals surface area contributed by atoms with Crippen LogP contribution in [0.2, 0.25) is 5.02 Å². The number of rotatable bonds is 4. The molecule has 0 unspecified atom stereocenters. The van der Waals surface area contributed by atoms with Gasteiger partial charge in [0.25, 0.3) is 5.91 Å². The van der Waals surface area contributed by atoms with Gasteiger partial charge in [-0.2, -0.15) is 0 Å². The van der Waals surface area contributed by atoms with E-state index in [1.807, 2.05) is 0 Å². The molecule has 23 heavy (non-hydrogen) atoms. The smallest absolute Gasteiger partial charge is 0.340 e. The Balaban J connectivity index is 2.29. The minimum absolute atomic E-state index is 0.0437. The van der Waals surface area contributed by atoms with Gasteiger partial charge < -0.3 is 10.1 Å². The van der Waals surface area contributed by atoms with Gasteiger partial charge in [0.05, 0.1) is 28.9 Å². The van der Waals surface area contributed by atoms with E-state index in [1.165, 1.54) is 36.4 Å². The van der Waals surface area contributed by atoms with E-state index < -0.39 is 24.4 Å². The van der Waals surface area contributed by atoms with E-state index in [-0.39, 0.29) is 21.8 Å². The fourth-order valence-electron chi connectivity index (χ4n) is 1.91. The molecule has 2 aromatic carbocycles. The maximum atomic E-state index is 14.2. The summed E-state index contributed by atoms with van der Waals surface area (Å²) in [6.07, 6.45) is 0. The van der Waals surface area contributed by atoms with Crippen LogP contribution in [0.15, 0.2) is 36.4 Å². The van der Waals surface area contributed by atoms with Gasteiger partial charge in [-0.05, 0) is 29.8 Å². The zero-order valence-corrected chi connectivity index (χ0v) is 12.8. The molecule has 0 saturated heterocycles. The Morgan fingerprint density at radius 3 is 2.57 bits per heavy atom. The number of amides is 1. The van der Waals surface area contributed by atoms with E-state index in [9.17, 15) is 18.4 Å². The van der Waals surface area contributed by atoms with Gasteiger partial charge in [-0.25, -0.2) is 13.6 Å². The minimum Gasteiger partial charge on any atom is -0.465 e. The normalized spacial score (nSPS) is 10.3. The van der Waals surface area contributed by atoms with Gasteiger partial charge in [0.15, 0.2) is 5.82 Å². The van der Waals surface area contributed by atoms with Crippen molar-refractivity contribution in [3.8, 4) is 0 Å². The summed E-state index contributed by atoms with van der Waals surface area (Å²) in [6, 6.07) is 8.00. The Kier molecular flexibility index (Phi) is 5.28. The van der Waals surface area contributed by atoms with Crippen LogP contribution >= 0.6 is 11.6 Å². The van der Waals surface area contributed by atoms with E-state index >= 15 is 0 Å². The van der Waals surface area contributed by atoms with Crippen LogP contribution in [-0.4, -0.2) is 19.0 Å². The molecule has 4 nitrogen and oxygen atoms in total. The summed E-state index contributed by atoms with van der Waals surface area (Å²) in [5.41, 5.74) is -0.107. The Morgan fingerprint density at radius 2 is 1.96 bits per heavy atom. The number of anilines is 1. The van der Waals surface area contributed by atoms with Crippen LogP contribution in [0.4, 0.5) is 14.5 Å². The van der Waals surface area contributed by atoms with Gasteiger partial charge >= 0.3 is 5.97 Å². The lowest BCUT2D eigenvalue weighted by atomic mass is 10.1. The number of halogens is 3. The van der Waals surface area contributed by atoms with Crippen molar-refractivity contribution in [3.05, 3.63) is 63.9 Å². The number of carbonyl (C=O) groups is 2. The molecule has 0 aliphatic heterocycles. The van der Waals surface area contributed by atoms with Gasteiger partial charge in [0, 0.05) is 0 Å². The summed E-state index contributed by atoms with van der Waals surface area (Å²) >= 11 is 5.92. The lowest BCUT2D eigenvalue weighted by molar-refractivity contribution is 0.0595. The molecule has 0 spiro atoms. The molecule has 0 aliphatic rings. The molecule has 0 radical (unpaired) electrons. The zero-order chi connectivity index (χ0) is 17.0. The lowest BCUT2D eigenvalue weighted by Gasteiger charge is -2.10. The van der Waals surface area contributed by atoms with Gasteiger partial charge in [-0.3, -0.25) is 4.79 Å². The van der Waals surface area contributed by atoms with Crippen molar-refractivity contribution in [1.82, 2.24) is 0 Å². The standard InChI is InChI=1S/C16H12ClF2NO3/c1-23-16(22)11-3-2-4-13(14(11)19)20-15(21)10-6-5-9(8-18)7-12(10)17/h2-7H,8H2,1H3,(H,20,21). The van der Waals surface area contributed by atoms with Crippen LogP contribution in [-0.2, 0) is 11.4 Å². The number of alkyl halides is 1. The second-order valence-corrected chi connectivity index (χ2v) is 4.97. The molecular weight excluding hydrogens is 328 g/mol. The molecule has 7 heteroatoms. The number of benzene rings is 2. The molecule has 0 atom stereocenters. The third-order valence-electron chi connectivity index (χ3n) is 3.08. The highest BCUT2D eigenvalue weighted by atomic mass is 35.5. The Labute approximate surface area is 136 Å². The number of esters is 1. The molecule has 0 saturated carbocycles. The first kappa shape index (κ1) is 16.9. The molecule has 0 bridgehead atoms. The fourth-order valence-corrected chi connectivity index (χ4v) is 2.20. The van der Waals surface area contributed by atoms with Crippen molar-refractivity contribution in [2.24, 2.45) is 0 Å². The number of hydrogen-bond donors (Lipinski definition) is 1. The predicted octanol–water partition coefficient (Wildman–Crippen LogP) is 3.99. The van der Waals surface area contributed by atoms with E-state index in [4.69, 9.17) is 11.6 Å². The fraction of sp³-hybridized carbons (Fsp3) is 0.125. The highest BCUT2D eigenvalue weighted by Crippen LogP contribution is 2.23. The maximum Gasteiger partial charge on any atom is 0.340 e. The van der Waals surface area contributed by atoms with E-state index in [0.717, 1.165) is 7.11 Å². The summed E-state index contributed by atoms with van der Waals surface area (Å²) < 4.78 is 31.2. The molecule has 0 fully saturated rings. The van der Waals surface area contributed by atoms with Crippen molar-refractivity contribution in [3.63, 3.8) is 0 Å². The highest BCUT2D eigenvalue weighted by Gasteiger charge is 2.18. The number of methoxy groups -OCH3 is 1. The summed E-state index contributed by atoms with van der Waals surface area (Å²) in [4.78, 5) is 23.6. The maximum absolute atomic E-state index is 14.2.